The highest BCUT2D eigenvalue weighted by Crippen LogP contribution is 2.27. The number of anilines is 1. The number of rotatable bonds is 9. The minimum Gasteiger partial charge on any atom is -0.496 e. The largest absolute Gasteiger partial charge is 0.496 e. The molecule has 0 radical (unpaired) electrons. The lowest BCUT2D eigenvalue weighted by atomic mass is 10.2. The van der Waals surface area contributed by atoms with Crippen molar-refractivity contribution < 1.29 is 26.4 Å². The molecule has 1 aliphatic heterocycles. The maximum atomic E-state index is 13.0. The molecule has 1 N–H and O–H groups in total. The van der Waals surface area contributed by atoms with Gasteiger partial charge in [0.05, 0.1) is 22.5 Å². The second kappa shape index (κ2) is 10.2. The van der Waals surface area contributed by atoms with Gasteiger partial charge in [0.2, 0.25) is 20.0 Å². The predicted molar refractivity (Wildman–Crippen MR) is 125 cm³/mol. The molecular weight excluding hydrogens is 466 g/mol. The summed E-state index contributed by atoms with van der Waals surface area (Å²) in [4.78, 5) is 13.1. The Morgan fingerprint density at radius 3 is 2.09 bits per heavy atom. The molecule has 180 valence electrons. The number of nitrogens with one attached hydrogen (secondary N) is 1. The Bertz CT molecular complexity index is 1200. The minimum atomic E-state index is -3.70. The fraction of sp³-hybridized carbons (Fsp3) is 0.409. The number of ether oxygens (including phenoxy) is 1. The van der Waals surface area contributed by atoms with E-state index in [0.717, 1.165) is 12.8 Å². The lowest BCUT2D eigenvalue weighted by Gasteiger charge is -2.18. The predicted octanol–water partition coefficient (Wildman–Crippen LogP) is 2.76. The Hall–Kier alpha value is -2.47. The van der Waals surface area contributed by atoms with Crippen LogP contribution in [0.25, 0.3) is 0 Å². The summed E-state index contributed by atoms with van der Waals surface area (Å²) in [5.74, 6) is -0.335. The van der Waals surface area contributed by atoms with E-state index < -0.39 is 26.0 Å². The molecule has 2 aromatic rings. The van der Waals surface area contributed by atoms with Crippen LogP contribution in [0, 0.1) is 0 Å². The zero-order valence-corrected chi connectivity index (χ0v) is 20.6. The Labute approximate surface area is 195 Å². The molecule has 0 unspecified atom stereocenters. The van der Waals surface area contributed by atoms with Crippen molar-refractivity contribution in [3.8, 4) is 5.75 Å². The first-order chi connectivity index (χ1) is 15.6. The lowest BCUT2D eigenvalue weighted by molar-refractivity contribution is 0.102. The number of amides is 1. The number of carbonyl (C=O) groups excluding carboxylic acids is 1. The summed E-state index contributed by atoms with van der Waals surface area (Å²) in [5, 5.41) is 2.68. The molecule has 0 aliphatic carbocycles. The summed E-state index contributed by atoms with van der Waals surface area (Å²) < 4.78 is 59.1. The van der Waals surface area contributed by atoms with Gasteiger partial charge in [0.1, 0.15) is 5.75 Å². The second-order valence-corrected chi connectivity index (χ2v) is 11.4. The molecular formula is C22H29N3O6S2. The number of sulfonamides is 2. The van der Waals surface area contributed by atoms with Gasteiger partial charge in [-0.1, -0.05) is 13.8 Å². The van der Waals surface area contributed by atoms with Gasteiger partial charge in [-0.3, -0.25) is 4.79 Å². The molecule has 1 amide bonds. The van der Waals surface area contributed by atoms with E-state index in [1.165, 1.54) is 58.2 Å². The van der Waals surface area contributed by atoms with E-state index in [4.69, 9.17) is 4.74 Å². The third-order valence-corrected chi connectivity index (χ3v) is 9.53. The monoisotopic (exact) mass is 495 g/mol. The molecule has 9 nitrogen and oxygen atoms in total. The zero-order chi connectivity index (χ0) is 24.2. The SMILES string of the molecule is CCN(CC)S(=O)(=O)c1ccc(NC(=O)c2cc(S(=O)(=O)N3CCCC3)ccc2OC)cc1. The molecule has 1 heterocycles. The Kier molecular flexibility index (Phi) is 7.78. The first-order valence-corrected chi connectivity index (χ1v) is 13.6. The van der Waals surface area contributed by atoms with E-state index >= 15 is 0 Å². The third-order valence-electron chi connectivity index (χ3n) is 5.57. The van der Waals surface area contributed by atoms with Crippen molar-refractivity contribution in [2.45, 2.75) is 36.5 Å². The van der Waals surface area contributed by atoms with E-state index in [-0.39, 0.29) is 21.1 Å². The van der Waals surface area contributed by atoms with Crippen LogP contribution in [0.15, 0.2) is 52.3 Å². The number of hydrogen-bond donors (Lipinski definition) is 1. The maximum Gasteiger partial charge on any atom is 0.259 e. The van der Waals surface area contributed by atoms with Crippen molar-refractivity contribution in [3.63, 3.8) is 0 Å². The smallest absolute Gasteiger partial charge is 0.259 e. The van der Waals surface area contributed by atoms with Crippen LogP contribution in [-0.2, 0) is 20.0 Å². The van der Waals surface area contributed by atoms with Crippen molar-refractivity contribution in [2.24, 2.45) is 0 Å². The zero-order valence-electron chi connectivity index (χ0n) is 18.9. The molecule has 0 bridgehead atoms. The molecule has 0 spiro atoms. The van der Waals surface area contributed by atoms with Crippen LogP contribution >= 0.6 is 0 Å². The summed E-state index contributed by atoms with van der Waals surface area (Å²) in [7, 11) is -5.92. The molecule has 0 atom stereocenters. The van der Waals surface area contributed by atoms with Crippen molar-refractivity contribution in [1.82, 2.24) is 8.61 Å². The molecule has 0 saturated carbocycles. The molecule has 3 rings (SSSR count). The second-order valence-electron chi connectivity index (χ2n) is 7.54. The topological polar surface area (TPSA) is 113 Å². The van der Waals surface area contributed by atoms with E-state index in [2.05, 4.69) is 5.32 Å². The summed E-state index contributed by atoms with van der Waals surface area (Å²) >= 11 is 0. The van der Waals surface area contributed by atoms with Crippen molar-refractivity contribution >= 4 is 31.6 Å². The molecule has 1 aliphatic rings. The fourth-order valence-corrected chi connectivity index (χ4v) is 6.73. The number of carbonyl (C=O) groups is 1. The van der Waals surface area contributed by atoms with E-state index in [9.17, 15) is 21.6 Å². The highest BCUT2D eigenvalue weighted by atomic mass is 32.2. The van der Waals surface area contributed by atoms with Crippen LogP contribution in [-0.4, -0.2) is 64.6 Å². The summed E-state index contributed by atoms with van der Waals surface area (Å²) in [6, 6.07) is 10.0. The van der Waals surface area contributed by atoms with Crippen molar-refractivity contribution in [3.05, 3.63) is 48.0 Å². The van der Waals surface area contributed by atoms with Gasteiger partial charge in [0.25, 0.3) is 5.91 Å². The normalized spacial score (nSPS) is 15.0. The van der Waals surface area contributed by atoms with E-state index in [1.54, 1.807) is 13.8 Å². The van der Waals surface area contributed by atoms with Crippen LogP contribution in [0.3, 0.4) is 0 Å². The summed E-state index contributed by atoms with van der Waals surface area (Å²) in [5.41, 5.74) is 0.436. The van der Waals surface area contributed by atoms with Gasteiger partial charge in [0.15, 0.2) is 0 Å². The molecule has 1 saturated heterocycles. The van der Waals surface area contributed by atoms with Gasteiger partial charge in [-0.25, -0.2) is 16.8 Å². The molecule has 1 fully saturated rings. The fourth-order valence-electron chi connectivity index (χ4n) is 3.72. The molecule has 33 heavy (non-hydrogen) atoms. The highest BCUT2D eigenvalue weighted by Gasteiger charge is 2.29. The van der Waals surface area contributed by atoms with E-state index in [1.807, 2.05) is 0 Å². The van der Waals surface area contributed by atoms with Crippen LogP contribution in [0.5, 0.6) is 5.75 Å². The summed E-state index contributed by atoms with van der Waals surface area (Å²) in [6.07, 6.45) is 1.62. The molecule has 0 aromatic heterocycles. The van der Waals surface area contributed by atoms with Gasteiger partial charge >= 0.3 is 0 Å². The minimum absolute atomic E-state index is 0.0241. The number of methoxy groups -OCH3 is 1. The number of nitrogens with zero attached hydrogens (tertiary/aromatic N) is 2. The summed E-state index contributed by atoms with van der Waals surface area (Å²) in [6.45, 7) is 5.15. The quantitative estimate of drug-likeness (QED) is 0.572. The van der Waals surface area contributed by atoms with Gasteiger partial charge < -0.3 is 10.1 Å². The molecule has 11 heteroatoms. The average molecular weight is 496 g/mol. The molecule has 2 aromatic carbocycles. The standard InChI is InChI=1S/C22H29N3O6S2/c1-4-24(5-2)32(27,28)18-10-8-17(9-11-18)23-22(26)20-16-19(12-13-21(20)31-3)33(29,30)25-14-6-7-15-25/h8-13,16H,4-7,14-15H2,1-3H3,(H,23,26). The van der Waals surface area contributed by atoms with E-state index in [0.29, 0.717) is 31.9 Å². The number of benzene rings is 2. The van der Waals surface area contributed by atoms with Crippen molar-refractivity contribution in [2.75, 3.05) is 38.6 Å². The highest BCUT2D eigenvalue weighted by molar-refractivity contribution is 7.89. The van der Waals surface area contributed by atoms with Crippen LogP contribution in [0.1, 0.15) is 37.0 Å². The Balaban J connectivity index is 1.85. The van der Waals surface area contributed by atoms with Crippen molar-refractivity contribution in [1.29, 1.82) is 0 Å². The Morgan fingerprint density at radius 2 is 1.55 bits per heavy atom. The van der Waals surface area contributed by atoms with Gasteiger partial charge in [-0.05, 0) is 55.3 Å². The Morgan fingerprint density at radius 1 is 0.970 bits per heavy atom. The van der Waals surface area contributed by atoms with Crippen LogP contribution < -0.4 is 10.1 Å². The van der Waals surface area contributed by atoms with Gasteiger partial charge in [-0.2, -0.15) is 8.61 Å². The van der Waals surface area contributed by atoms with Gasteiger partial charge in [-0.15, -0.1) is 0 Å². The van der Waals surface area contributed by atoms with Crippen LogP contribution in [0.2, 0.25) is 0 Å². The number of hydrogen-bond acceptors (Lipinski definition) is 6. The van der Waals surface area contributed by atoms with Crippen LogP contribution in [0.4, 0.5) is 5.69 Å². The lowest BCUT2D eigenvalue weighted by Crippen LogP contribution is -2.30. The first-order valence-electron chi connectivity index (χ1n) is 10.7. The van der Waals surface area contributed by atoms with Gasteiger partial charge in [0, 0.05) is 31.9 Å². The third kappa shape index (κ3) is 5.21. The first kappa shape index (κ1) is 25.2. The average Bonchev–Trinajstić information content (AvgIpc) is 3.35. The maximum absolute atomic E-state index is 13.0.